The molecule has 0 bridgehead atoms. The highest BCUT2D eigenvalue weighted by atomic mass is 16.2. The van der Waals surface area contributed by atoms with Crippen LogP contribution in [-0.2, 0) is 0 Å². The quantitative estimate of drug-likeness (QED) is 0.788. The van der Waals surface area contributed by atoms with Crippen LogP contribution >= 0.6 is 0 Å². The Hall–Kier alpha value is -2.76. The molecule has 0 spiro atoms. The van der Waals surface area contributed by atoms with E-state index in [-0.39, 0.29) is 5.91 Å². The molecule has 3 aromatic rings. The van der Waals surface area contributed by atoms with E-state index in [1.54, 1.807) is 18.6 Å². The molecule has 0 radical (unpaired) electrons. The summed E-state index contributed by atoms with van der Waals surface area (Å²) in [6, 6.07) is 6.13. The lowest BCUT2D eigenvalue weighted by Gasteiger charge is -2.32. The fourth-order valence-corrected chi connectivity index (χ4v) is 3.21. The zero-order chi connectivity index (χ0) is 15.6. The Balaban J connectivity index is 1.56. The monoisotopic (exact) mass is 307 g/mol. The van der Waals surface area contributed by atoms with Gasteiger partial charge in [0.25, 0.3) is 5.91 Å². The maximum Gasteiger partial charge on any atom is 0.257 e. The molecule has 1 aliphatic rings. The molecule has 4 rings (SSSR count). The Kier molecular flexibility index (Phi) is 3.49. The van der Waals surface area contributed by atoms with Gasteiger partial charge in [-0.2, -0.15) is 0 Å². The van der Waals surface area contributed by atoms with Crippen LogP contribution in [0.15, 0.2) is 43.1 Å². The van der Waals surface area contributed by atoms with Crippen LogP contribution in [-0.4, -0.2) is 43.8 Å². The third-order valence-corrected chi connectivity index (χ3v) is 4.37. The maximum atomic E-state index is 12.6. The molecule has 0 aliphatic carbocycles. The number of hydrogen-bond acceptors (Lipinski definition) is 4. The van der Waals surface area contributed by atoms with E-state index in [9.17, 15) is 4.79 Å². The van der Waals surface area contributed by atoms with Crippen molar-refractivity contribution in [2.24, 2.45) is 0 Å². The van der Waals surface area contributed by atoms with Gasteiger partial charge in [-0.1, -0.05) is 0 Å². The first kappa shape index (κ1) is 13.9. The van der Waals surface area contributed by atoms with Crippen LogP contribution in [0, 0.1) is 0 Å². The summed E-state index contributed by atoms with van der Waals surface area (Å²) in [6.07, 6.45) is 8.44. The lowest BCUT2D eigenvalue weighted by molar-refractivity contribution is 0.0705. The summed E-state index contributed by atoms with van der Waals surface area (Å²) in [5.74, 6) is 0.316. The van der Waals surface area contributed by atoms with Crippen LogP contribution in [0.2, 0.25) is 0 Å². The zero-order valence-electron chi connectivity index (χ0n) is 12.6. The number of nitrogens with zero attached hydrogens (tertiary/aromatic N) is 4. The van der Waals surface area contributed by atoms with Gasteiger partial charge < -0.3 is 9.88 Å². The lowest BCUT2D eigenvalue weighted by Crippen LogP contribution is -2.39. The number of H-pyrrole nitrogens is 1. The first-order valence-electron chi connectivity index (χ1n) is 7.79. The van der Waals surface area contributed by atoms with Crippen LogP contribution in [0.5, 0.6) is 0 Å². The maximum absolute atomic E-state index is 12.6. The Morgan fingerprint density at radius 3 is 3.00 bits per heavy atom. The number of carbonyl (C=O) groups is 1. The number of nitrogens with one attached hydrogen (secondary N) is 1. The first-order valence-corrected chi connectivity index (χ1v) is 7.79. The summed E-state index contributed by atoms with van der Waals surface area (Å²) in [4.78, 5) is 30.1. The van der Waals surface area contributed by atoms with Gasteiger partial charge in [0, 0.05) is 48.7 Å². The summed E-state index contributed by atoms with van der Waals surface area (Å²) >= 11 is 0. The lowest BCUT2D eigenvalue weighted by atomic mass is 9.94. The zero-order valence-corrected chi connectivity index (χ0v) is 12.6. The summed E-state index contributed by atoms with van der Waals surface area (Å²) in [7, 11) is 0. The molecule has 3 aromatic heterocycles. The van der Waals surface area contributed by atoms with Gasteiger partial charge >= 0.3 is 0 Å². The van der Waals surface area contributed by atoms with Crippen LogP contribution in [0.3, 0.4) is 0 Å². The average Bonchev–Trinajstić information content (AvgIpc) is 3.06. The number of aromatic nitrogens is 4. The highest BCUT2D eigenvalue weighted by Gasteiger charge is 2.26. The predicted molar refractivity (Wildman–Crippen MR) is 86.0 cm³/mol. The molecule has 1 saturated heterocycles. The molecule has 0 saturated carbocycles. The van der Waals surface area contributed by atoms with E-state index < -0.39 is 0 Å². The van der Waals surface area contributed by atoms with Crippen molar-refractivity contribution in [1.82, 2.24) is 24.8 Å². The molecular weight excluding hydrogens is 290 g/mol. The van der Waals surface area contributed by atoms with Crippen molar-refractivity contribution in [2.75, 3.05) is 13.1 Å². The summed E-state index contributed by atoms with van der Waals surface area (Å²) < 4.78 is 0. The fourth-order valence-electron chi connectivity index (χ4n) is 3.21. The largest absolute Gasteiger partial charge is 0.343 e. The van der Waals surface area contributed by atoms with Crippen molar-refractivity contribution < 1.29 is 4.79 Å². The van der Waals surface area contributed by atoms with Gasteiger partial charge in [0.1, 0.15) is 12.0 Å². The molecule has 1 unspecified atom stereocenters. The van der Waals surface area contributed by atoms with Crippen molar-refractivity contribution in [3.8, 4) is 0 Å². The van der Waals surface area contributed by atoms with Gasteiger partial charge in [-0.25, -0.2) is 15.0 Å². The van der Waals surface area contributed by atoms with E-state index in [0.29, 0.717) is 18.0 Å². The molecule has 0 aromatic carbocycles. The molecule has 1 fully saturated rings. The molecule has 6 nitrogen and oxygen atoms in total. The highest BCUT2D eigenvalue weighted by molar-refractivity contribution is 5.93. The van der Waals surface area contributed by atoms with Gasteiger partial charge in [-0.05, 0) is 31.0 Å². The minimum Gasteiger partial charge on any atom is -0.343 e. The average molecular weight is 307 g/mol. The fraction of sp³-hybridized carbons (Fsp3) is 0.294. The number of rotatable bonds is 2. The second-order valence-corrected chi connectivity index (χ2v) is 5.88. The molecule has 1 N–H and O–H groups in total. The number of aromatic amines is 1. The standard InChI is InChI=1S/C17H17N5O/c23-17(14-8-18-11-19-9-14)22-6-2-4-13(10-22)15-7-12-3-1-5-20-16(12)21-15/h1,3,5,7-9,11,13H,2,4,6,10H2,(H,20,21). The van der Waals surface area contributed by atoms with Crippen LogP contribution in [0.1, 0.15) is 34.8 Å². The van der Waals surface area contributed by atoms with Crippen molar-refractivity contribution in [3.05, 3.63) is 54.4 Å². The number of pyridine rings is 1. The highest BCUT2D eigenvalue weighted by Crippen LogP contribution is 2.29. The second kappa shape index (κ2) is 5.79. The molecule has 1 atom stereocenters. The van der Waals surface area contributed by atoms with Crippen LogP contribution in [0.4, 0.5) is 0 Å². The third kappa shape index (κ3) is 2.67. The van der Waals surface area contributed by atoms with Gasteiger partial charge in [-0.3, -0.25) is 4.79 Å². The number of piperidine rings is 1. The number of amides is 1. The second-order valence-electron chi connectivity index (χ2n) is 5.88. The normalized spacial score (nSPS) is 18.3. The van der Waals surface area contributed by atoms with Crippen molar-refractivity contribution in [3.63, 3.8) is 0 Å². The molecular formula is C17H17N5O. The van der Waals surface area contributed by atoms with Crippen LogP contribution < -0.4 is 0 Å². The molecule has 1 aliphatic heterocycles. The van der Waals surface area contributed by atoms with Gasteiger partial charge in [0.2, 0.25) is 0 Å². The van der Waals surface area contributed by atoms with Crippen LogP contribution in [0.25, 0.3) is 11.0 Å². The summed E-state index contributed by atoms with van der Waals surface area (Å²) in [5, 5.41) is 1.11. The molecule has 6 heteroatoms. The Labute approximate surface area is 133 Å². The van der Waals surface area contributed by atoms with Crippen molar-refractivity contribution in [1.29, 1.82) is 0 Å². The molecule has 1 amide bonds. The number of hydrogen-bond donors (Lipinski definition) is 1. The number of carbonyl (C=O) groups excluding carboxylic acids is 1. The van der Waals surface area contributed by atoms with Crippen molar-refractivity contribution >= 4 is 16.9 Å². The molecule has 23 heavy (non-hydrogen) atoms. The number of likely N-dealkylation sites (tertiary alicyclic amines) is 1. The summed E-state index contributed by atoms with van der Waals surface area (Å²) in [6.45, 7) is 1.49. The van der Waals surface area contributed by atoms with Crippen molar-refractivity contribution in [2.45, 2.75) is 18.8 Å². The van der Waals surface area contributed by atoms with E-state index in [1.165, 1.54) is 6.33 Å². The Morgan fingerprint density at radius 1 is 1.30 bits per heavy atom. The molecule has 4 heterocycles. The third-order valence-electron chi connectivity index (χ3n) is 4.37. The SMILES string of the molecule is O=C(c1cncnc1)N1CCCC(c2cc3cccnc3[nH]2)C1. The van der Waals surface area contributed by atoms with Gasteiger partial charge in [-0.15, -0.1) is 0 Å². The topological polar surface area (TPSA) is 74.8 Å². The van der Waals surface area contributed by atoms with Gasteiger partial charge in [0.15, 0.2) is 0 Å². The minimum absolute atomic E-state index is 0.00420. The van der Waals surface area contributed by atoms with Gasteiger partial charge in [0.05, 0.1) is 5.56 Å². The van der Waals surface area contributed by atoms with E-state index in [0.717, 1.165) is 36.1 Å². The van der Waals surface area contributed by atoms with E-state index in [2.05, 4.69) is 32.1 Å². The molecule has 116 valence electrons. The first-order chi connectivity index (χ1) is 11.3. The van der Waals surface area contributed by atoms with E-state index in [1.807, 2.05) is 11.0 Å². The Morgan fingerprint density at radius 2 is 2.17 bits per heavy atom. The van der Waals surface area contributed by atoms with E-state index >= 15 is 0 Å². The van der Waals surface area contributed by atoms with E-state index in [4.69, 9.17) is 0 Å². The number of fused-ring (bicyclic) bond motifs is 1. The predicted octanol–water partition coefficient (Wildman–Crippen LogP) is 2.37. The smallest absolute Gasteiger partial charge is 0.257 e. The minimum atomic E-state index is 0.00420. The Bertz CT molecular complexity index is 796. The summed E-state index contributed by atoms with van der Waals surface area (Å²) in [5.41, 5.74) is 2.61.